The van der Waals surface area contributed by atoms with E-state index >= 15 is 0 Å². The van der Waals surface area contributed by atoms with Gasteiger partial charge < -0.3 is 0 Å². The van der Waals surface area contributed by atoms with Crippen LogP contribution in [0.15, 0.2) is 23.6 Å². The van der Waals surface area contributed by atoms with Crippen molar-refractivity contribution in [3.8, 4) is 6.07 Å². The van der Waals surface area contributed by atoms with Gasteiger partial charge >= 0.3 is 0 Å². The molecule has 1 heterocycles. The molecule has 0 spiro atoms. The normalized spacial score (nSPS) is 11.1. The summed E-state index contributed by atoms with van der Waals surface area (Å²) in [4.78, 5) is 1.20. The van der Waals surface area contributed by atoms with Crippen molar-refractivity contribution in [1.29, 1.82) is 5.26 Å². The second kappa shape index (κ2) is 3.95. The Hall–Kier alpha value is -1.07. The monoisotopic (exact) mass is 163 g/mol. The number of thiophene rings is 1. The first-order valence-corrected chi connectivity index (χ1v) is 4.39. The molecule has 2 heteroatoms. The molecule has 1 aromatic heterocycles. The topological polar surface area (TPSA) is 23.8 Å². The molecular formula is C9H9NS. The molecule has 0 amide bonds. The van der Waals surface area contributed by atoms with Crippen LogP contribution in [0.1, 0.15) is 18.2 Å². The fraction of sp³-hybridized carbons (Fsp3) is 0.222. The van der Waals surface area contributed by atoms with Gasteiger partial charge in [-0.1, -0.05) is 13.0 Å². The molecule has 56 valence electrons. The van der Waals surface area contributed by atoms with Crippen molar-refractivity contribution in [2.45, 2.75) is 13.3 Å². The number of hydrogen-bond acceptors (Lipinski definition) is 2. The second-order valence-corrected chi connectivity index (χ2v) is 3.08. The van der Waals surface area contributed by atoms with E-state index in [0.29, 0.717) is 0 Å². The van der Waals surface area contributed by atoms with Crippen molar-refractivity contribution in [1.82, 2.24) is 0 Å². The fourth-order valence-electron chi connectivity index (χ4n) is 0.887. The lowest BCUT2D eigenvalue weighted by molar-refractivity contribution is 1.25. The Balaban J connectivity index is 2.91. The average Bonchev–Trinajstić information content (AvgIpc) is 2.52. The van der Waals surface area contributed by atoms with E-state index in [2.05, 4.69) is 13.0 Å². The van der Waals surface area contributed by atoms with E-state index in [9.17, 15) is 0 Å². The highest BCUT2D eigenvalue weighted by Gasteiger charge is 1.97. The predicted molar refractivity (Wildman–Crippen MR) is 48.2 cm³/mol. The maximum absolute atomic E-state index is 8.44. The number of nitriles is 1. The van der Waals surface area contributed by atoms with E-state index in [1.807, 2.05) is 17.5 Å². The third kappa shape index (κ3) is 1.92. The van der Waals surface area contributed by atoms with Crippen molar-refractivity contribution in [2.24, 2.45) is 0 Å². The highest BCUT2D eigenvalue weighted by molar-refractivity contribution is 7.11. The second-order valence-electron chi connectivity index (χ2n) is 2.13. The summed E-state index contributed by atoms with van der Waals surface area (Å²) in [5.74, 6) is 0. The quantitative estimate of drug-likeness (QED) is 0.615. The molecule has 0 aliphatic heterocycles. The Morgan fingerprint density at radius 1 is 1.82 bits per heavy atom. The number of rotatable bonds is 2. The third-order valence-corrected chi connectivity index (χ3v) is 2.40. The van der Waals surface area contributed by atoms with Gasteiger partial charge in [-0.15, -0.1) is 11.3 Å². The minimum absolute atomic E-state index is 0.925. The molecule has 1 rings (SSSR count). The summed E-state index contributed by atoms with van der Waals surface area (Å²) in [7, 11) is 0. The summed E-state index contributed by atoms with van der Waals surface area (Å²) in [5, 5.41) is 10.5. The van der Waals surface area contributed by atoms with E-state index < -0.39 is 0 Å². The number of nitrogens with zero attached hydrogens (tertiary/aromatic N) is 1. The van der Waals surface area contributed by atoms with E-state index in [0.717, 1.165) is 12.0 Å². The van der Waals surface area contributed by atoms with E-state index in [4.69, 9.17) is 5.26 Å². The summed E-state index contributed by atoms with van der Waals surface area (Å²) >= 11 is 1.68. The molecule has 0 saturated heterocycles. The molecule has 0 fully saturated rings. The van der Waals surface area contributed by atoms with Gasteiger partial charge in [-0.2, -0.15) is 5.26 Å². The zero-order valence-electron chi connectivity index (χ0n) is 6.37. The van der Waals surface area contributed by atoms with Crippen molar-refractivity contribution < 1.29 is 0 Å². The van der Waals surface area contributed by atoms with Crippen molar-refractivity contribution in [3.05, 3.63) is 28.5 Å². The van der Waals surface area contributed by atoms with Crippen molar-refractivity contribution in [3.63, 3.8) is 0 Å². The van der Waals surface area contributed by atoms with Crippen LogP contribution in [0.25, 0.3) is 5.57 Å². The van der Waals surface area contributed by atoms with Gasteiger partial charge in [0.15, 0.2) is 0 Å². The van der Waals surface area contributed by atoms with Gasteiger partial charge in [0.25, 0.3) is 0 Å². The molecule has 1 aromatic rings. The SMILES string of the molecule is CCC(=CC#N)c1cccs1. The van der Waals surface area contributed by atoms with Crippen LogP contribution in [0.3, 0.4) is 0 Å². The Morgan fingerprint density at radius 2 is 2.64 bits per heavy atom. The summed E-state index contributed by atoms with van der Waals surface area (Å²) in [5.41, 5.74) is 1.13. The Morgan fingerprint density at radius 3 is 3.09 bits per heavy atom. The average molecular weight is 163 g/mol. The summed E-state index contributed by atoms with van der Waals surface area (Å²) < 4.78 is 0. The zero-order chi connectivity index (χ0) is 8.10. The third-order valence-electron chi connectivity index (χ3n) is 1.46. The molecular weight excluding hydrogens is 154 g/mol. The molecule has 0 aliphatic carbocycles. The van der Waals surface area contributed by atoms with Crippen LogP contribution >= 0.6 is 11.3 Å². The molecule has 0 radical (unpaired) electrons. The Bertz CT molecular complexity index is 277. The van der Waals surface area contributed by atoms with Crippen molar-refractivity contribution >= 4 is 16.9 Å². The summed E-state index contributed by atoms with van der Waals surface area (Å²) in [6.07, 6.45) is 2.54. The highest BCUT2D eigenvalue weighted by atomic mass is 32.1. The van der Waals surface area contributed by atoms with Gasteiger partial charge in [0.05, 0.1) is 6.07 Å². The van der Waals surface area contributed by atoms with Crippen LogP contribution in [0.5, 0.6) is 0 Å². The van der Waals surface area contributed by atoms with Crippen LogP contribution in [0.2, 0.25) is 0 Å². The van der Waals surface area contributed by atoms with E-state index in [1.165, 1.54) is 4.88 Å². The standard InChI is InChI=1S/C9H9NS/c1-2-8(5-6-10)9-4-3-7-11-9/h3-5,7H,2H2,1H3. The van der Waals surface area contributed by atoms with Gasteiger partial charge in [-0.05, 0) is 23.4 Å². The van der Waals surface area contributed by atoms with Crippen LogP contribution in [0, 0.1) is 11.3 Å². The first kappa shape index (κ1) is 8.03. The minimum atomic E-state index is 0.925. The molecule has 0 aromatic carbocycles. The maximum Gasteiger partial charge on any atom is 0.0915 e. The van der Waals surface area contributed by atoms with Gasteiger partial charge in [0, 0.05) is 11.0 Å². The molecule has 0 aliphatic rings. The molecule has 0 saturated carbocycles. The first-order valence-electron chi connectivity index (χ1n) is 3.51. The lowest BCUT2D eigenvalue weighted by Gasteiger charge is -1.95. The predicted octanol–water partition coefficient (Wildman–Crippen LogP) is 3.07. The fourth-order valence-corrected chi connectivity index (χ4v) is 1.70. The molecule has 0 unspecified atom stereocenters. The van der Waals surface area contributed by atoms with Gasteiger partial charge in [-0.3, -0.25) is 0 Å². The Labute approximate surface area is 70.6 Å². The van der Waals surface area contributed by atoms with E-state index in [1.54, 1.807) is 17.4 Å². The van der Waals surface area contributed by atoms with Crippen LogP contribution < -0.4 is 0 Å². The largest absolute Gasteiger partial charge is 0.193 e. The van der Waals surface area contributed by atoms with Gasteiger partial charge in [-0.25, -0.2) is 0 Å². The lowest BCUT2D eigenvalue weighted by Crippen LogP contribution is -1.74. The van der Waals surface area contributed by atoms with Crippen LogP contribution in [0.4, 0.5) is 0 Å². The van der Waals surface area contributed by atoms with E-state index in [-0.39, 0.29) is 0 Å². The summed E-state index contributed by atoms with van der Waals surface area (Å²) in [6, 6.07) is 6.09. The molecule has 1 nitrogen and oxygen atoms in total. The Kier molecular flexibility index (Phi) is 2.88. The minimum Gasteiger partial charge on any atom is -0.193 e. The lowest BCUT2D eigenvalue weighted by atomic mass is 10.1. The number of hydrogen-bond donors (Lipinski definition) is 0. The van der Waals surface area contributed by atoms with Crippen molar-refractivity contribution in [2.75, 3.05) is 0 Å². The van der Waals surface area contributed by atoms with Gasteiger partial charge in [0.2, 0.25) is 0 Å². The van der Waals surface area contributed by atoms with Gasteiger partial charge in [0.1, 0.15) is 0 Å². The van der Waals surface area contributed by atoms with Crippen LogP contribution in [-0.4, -0.2) is 0 Å². The molecule has 0 N–H and O–H groups in total. The molecule has 0 bridgehead atoms. The highest BCUT2D eigenvalue weighted by Crippen LogP contribution is 2.22. The molecule has 11 heavy (non-hydrogen) atoms. The zero-order valence-corrected chi connectivity index (χ0v) is 7.19. The van der Waals surface area contributed by atoms with Crippen LogP contribution in [-0.2, 0) is 0 Å². The molecule has 0 atom stereocenters. The first-order chi connectivity index (χ1) is 5.38. The number of allylic oxidation sites excluding steroid dienone is 2. The smallest absolute Gasteiger partial charge is 0.0915 e. The summed E-state index contributed by atoms with van der Waals surface area (Å²) in [6.45, 7) is 2.06. The maximum atomic E-state index is 8.44.